The normalized spacial score (nSPS) is 11.6. The molecule has 0 bridgehead atoms. The van der Waals surface area contributed by atoms with Crippen molar-refractivity contribution in [1.29, 1.82) is 0 Å². The molecule has 7 heteroatoms. The first-order valence-corrected chi connectivity index (χ1v) is 7.31. The van der Waals surface area contributed by atoms with E-state index in [1.807, 2.05) is 11.4 Å². The quantitative estimate of drug-likeness (QED) is 0.545. The number of aromatic nitrogens is 2. The van der Waals surface area contributed by atoms with E-state index in [-0.39, 0.29) is 5.56 Å². The molecule has 4 rings (SSSR count). The minimum atomic E-state index is -0.250. The number of fused-ring (bicyclic) bond motifs is 1. The van der Waals surface area contributed by atoms with Crippen molar-refractivity contribution < 1.29 is 8.83 Å². The van der Waals surface area contributed by atoms with Crippen LogP contribution in [0.2, 0.25) is 0 Å². The Labute approximate surface area is 127 Å². The van der Waals surface area contributed by atoms with Crippen LogP contribution in [0.25, 0.3) is 21.5 Å². The van der Waals surface area contributed by atoms with Crippen LogP contribution in [0, 0.1) is 0 Å². The van der Waals surface area contributed by atoms with Crippen LogP contribution in [0.3, 0.4) is 0 Å². The monoisotopic (exact) mass is 311 g/mol. The summed E-state index contributed by atoms with van der Waals surface area (Å²) in [5.41, 5.74) is 0.477. The molecule has 0 saturated heterocycles. The van der Waals surface area contributed by atoms with Gasteiger partial charge in [-0.25, -0.2) is 4.98 Å². The number of thiophene rings is 1. The van der Waals surface area contributed by atoms with Gasteiger partial charge in [0, 0.05) is 10.9 Å². The Balaban J connectivity index is 1.86. The van der Waals surface area contributed by atoms with Gasteiger partial charge in [0.2, 0.25) is 0 Å². The van der Waals surface area contributed by atoms with E-state index in [1.54, 1.807) is 30.7 Å². The van der Waals surface area contributed by atoms with Crippen LogP contribution in [0.1, 0.15) is 5.76 Å². The molecular weight excluding hydrogens is 302 g/mol. The van der Waals surface area contributed by atoms with Crippen LogP contribution in [0.4, 0.5) is 0 Å². The van der Waals surface area contributed by atoms with E-state index in [0.29, 0.717) is 21.7 Å². The molecule has 4 heterocycles. The highest BCUT2D eigenvalue weighted by Gasteiger charge is 2.14. The van der Waals surface area contributed by atoms with E-state index in [0.717, 1.165) is 5.56 Å². The van der Waals surface area contributed by atoms with Gasteiger partial charge in [0.15, 0.2) is 0 Å². The summed E-state index contributed by atoms with van der Waals surface area (Å²) < 4.78 is 11.7. The zero-order chi connectivity index (χ0) is 14.9. The lowest BCUT2D eigenvalue weighted by Crippen LogP contribution is -2.16. The molecule has 0 fully saturated rings. The molecular formula is C15H9N3O3S. The summed E-state index contributed by atoms with van der Waals surface area (Å²) in [6.45, 7) is 0. The minimum absolute atomic E-state index is 0.250. The predicted octanol–water partition coefficient (Wildman–Crippen LogP) is 3.19. The lowest BCUT2D eigenvalue weighted by molar-refractivity contribution is 0.559. The summed E-state index contributed by atoms with van der Waals surface area (Å²) in [5.74, 6) is 1.20. The largest absolute Gasteiger partial charge is 0.464 e. The highest BCUT2D eigenvalue weighted by atomic mass is 32.1. The Kier molecular flexibility index (Phi) is 2.97. The lowest BCUT2D eigenvalue weighted by Gasteiger charge is -1.98. The topological polar surface area (TPSA) is 73.5 Å². The maximum atomic E-state index is 12.6. The third kappa shape index (κ3) is 2.08. The summed E-state index contributed by atoms with van der Waals surface area (Å²) in [5, 5.41) is 6.46. The van der Waals surface area contributed by atoms with Gasteiger partial charge < -0.3 is 8.83 Å². The van der Waals surface area contributed by atoms with Crippen molar-refractivity contribution in [1.82, 2.24) is 9.66 Å². The van der Waals surface area contributed by atoms with E-state index < -0.39 is 0 Å². The molecule has 0 unspecified atom stereocenters. The number of hydrogen-bond acceptors (Lipinski definition) is 6. The second-order valence-corrected chi connectivity index (χ2v) is 5.32. The Morgan fingerprint density at radius 3 is 2.86 bits per heavy atom. The van der Waals surface area contributed by atoms with Crippen LogP contribution in [0.15, 0.2) is 67.2 Å². The summed E-state index contributed by atoms with van der Waals surface area (Å²) in [6.07, 6.45) is 5.97. The van der Waals surface area contributed by atoms with Gasteiger partial charge in [0.05, 0.1) is 24.1 Å². The smallest absolute Gasteiger partial charge is 0.283 e. The molecule has 0 saturated carbocycles. The molecule has 0 amide bonds. The molecule has 22 heavy (non-hydrogen) atoms. The Morgan fingerprint density at radius 2 is 2.09 bits per heavy atom. The second-order valence-electron chi connectivity index (χ2n) is 4.46. The first-order chi connectivity index (χ1) is 10.8. The highest BCUT2D eigenvalue weighted by Crippen LogP contribution is 2.30. The standard InChI is InChI=1S/C15H9N3O3S/c19-15-13-11(12-4-2-6-21-12)8-22-14(13)16-9-18(15)17-7-10-3-1-5-20-10/h1-9H/b17-7-. The average Bonchev–Trinajstić information content (AvgIpc) is 3.27. The summed E-state index contributed by atoms with van der Waals surface area (Å²) in [4.78, 5) is 17.5. The zero-order valence-electron chi connectivity index (χ0n) is 11.2. The maximum absolute atomic E-state index is 12.6. The third-order valence-corrected chi connectivity index (χ3v) is 4.00. The fraction of sp³-hybridized carbons (Fsp3) is 0. The van der Waals surface area contributed by atoms with Crippen molar-refractivity contribution in [3.8, 4) is 11.3 Å². The van der Waals surface area contributed by atoms with Crippen LogP contribution in [-0.4, -0.2) is 15.9 Å². The van der Waals surface area contributed by atoms with Gasteiger partial charge in [-0.15, -0.1) is 11.3 Å². The van der Waals surface area contributed by atoms with Gasteiger partial charge in [-0.2, -0.15) is 9.78 Å². The number of nitrogens with zero attached hydrogens (tertiary/aromatic N) is 3. The van der Waals surface area contributed by atoms with Crippen molar-refractivity contribution in [2.24, 2.45) is 5.10 Å². The van der Waals surface area contributed by atoms with E-state index >= 15 is 0 Å². The van der Waals surface area contributed by atoms with Gasteiger partial charge in [-0.3, -0.25) is 4.79 Å². The highest BCUT2D eigenvalue weighted by molar-refractivity contribution is 7.17. The van der Waals surface area contributed by atoms with Gasteiger partial charge >= 0.3 is 0 Å². The van der Waals surface area contributed by atoms with Crippen molar-refractivity contribution in [2.45, 2.75) is 0 Å². The van der Waals surface area contributed by atoms with E-state index in [2.05, 4.69) is 10.1 Å². The van der Waals surface area contributed by atoms with Crippen molar-refractivity contribution >= 4 is 27.8 Å². The molecule has 4 aromatic heterocycles. The average molecular weight is 311 g/mol. The Hall–Kier alpha value is -2.93. The molecule has 108 valence electrons. The van der Waals surface area contributed by atoms with Crippen molar-refractivity contribution in [3.63, 3.8) is 0 Å². The van der Waals surface area contributed by atoms with E-state index in [9.17, 15) is 4.79 Å². The van der Waals surface area contributed by atoms with Gasteiger partial charge in [-0.1, -0.05) is 0 Å². The van der Waals surface area contributed by atoms with Crippen molar-refractivity contribution in [3.05, 3.63) is 64.6 Å². The number of hydrogen-bond donors (Lipinski definition) is 0. The van der Waals surface area contributed by atoms with Crippen LogP contribution in [0.5, 0.6) is 0 Å². The molecule has 0 spiro atoms. The summed E-state index contributed by atoms with van der Waals surface area (Å²) in [6, 6.07) is 7.09. The van der Waals surface area contributed by atoms with Crippen molar-refractivity contribution in [2.75, 3.05) is 0 Å². The molecule has 6 nitrogen and oxygen atoms in total. The molecule has 0 N–H and O–H groups in total. The maximum Gasteiger partial charge on any atom is 0.283 e. The summed E-state index contributed by atoms with van der Waals surface area (Å²) in [7, 11) is 0. The lowest BCUT2D eigenvalue weighted by atomic mass is 10.2. The number of rotatable bonds is 3. The van der Waals surface area contributed by atoms with Crippen LogP contribution in [-0.2, 0) is 0 Å². The Morgan fingerprint density at radius 1 is 1.23 bits per heavy atom. The first kappa shape index (κ1) is 12.8. The first-order valence-electron chi connectivity index (χ1n) is 6.43. The third-order valence-electron chi connectivity index (χ3n) is 3.12. The fourth-order valence-electron chi connectivity index (χ4n) is 2.10. The molecule has 0 aliphatic rings. The SMILES string of the molecule is O=c1c2c(-c3ccco3)csc2ncn1/N=C\c1ccco1. The predicted molar refractivity (Wildman–Crippen MR) is 83.3 cm³/mol. The molecule has 0 aliphatic carbocycles. The molecule has 0 aromatic carbocycles. The second kappa shape index (κ2) is 5.12. The molecule has 0 radical (unpaired) electrons. The van der Waals surface area contributed by atoms with E-state index in [1.165, 1.54) is 28.6 Å². The Bertz CT molecular complexity index is 995. The van der Waals surface area contributed by atoms with Crippen LogP contribution >= 0.6 is 11.3 Å². The molecule has 0 aliphatic heterocycles. The molecule has 0 atom stereocenters. The fourth-order valence-corrected chi connectivity index (χ4v) is 2.99. The van der Waals surface area contributed by atoms with Gasteiger partial charge in [0.1, 0.15) is 22.7 Å². The molecule has 4 aromatic rings. The minimum Gasteiger partial charge on any atom is -0.464 e. The van der Waals surface area contributed by atoms with Gasteiger partial charge in [-0.05, 0) is 24.3 Å². The summed E-state index contributed by atoms with van der Waals surface area (Å²) >= 11 is 1.40. The van der Waals surface area contributed by atoms with E-state index in [4.69, 9.17) is 8.83 Å². The van der Waals surface area contributed by atoms with Gasteiger partial charge in [0.25, 0.3) is 5.56 Å². The van der Waals surface area contributed by atoms with Crippen LogP contribution < -0.4 is 5.56 Å². The zero-order valence-corrected chi connectivity index (χ0v) is 12.0. The number of furan rings is 2.